The van der Waals surface area contributed by atoms with Gasteiger partial charge in [-0.05, 0) is 38.3 Å². The largest absolute Gasteiger partial charge is 0.372 e. The van der Waals surface area contributed by atoms with E-state index in [0.29, 0.717) is 21.6 Å². The minimum Gasteiger partial charge on any atom is -0.372 e. The average Bonchev–Trinajstić information content (AvgIpc) is 2.23. The van der Waals surface area contributed by atoms with E-state index in [0.717, 1.165) is 6.42 Å². The Labute approximate surface area is 110 Å². The molecular formula is C9H11Br2N3O2. The lowest BCUT2D eigenvalue weighted by atomic mass is 10.5. The third-order valence-electron chi connectivity index (χ3n) is 1.54. The number of nitrogens with zero attached hydrogens (tertiary/aromatic N) is 2. The summed E-state index contributed by atoms with van der Waals surface area (Å²) in [7, 11) is 0. The minimum atomic E-state index is -0.245. The van der Waals surface area contributed by atoms with Crippen LogP contribution in [0.4, 0.5) is 5.82 Å². The van der Waals surface area contributed by atoms with Crippen LogP contribution in [0.25, 0.3) is 0 Å². The van der Waals surface area contributed by atoms with Crippen molar-refractivity contribution in [2.75, 3.05) is 18.5 Å². The molecule has 0 saturated carbocycles. The van der Waals surface area contributed by atoms with E-state index in [1.54, 1.807) is 0 Å². The Morgan fingerprint density at radius 1 is 1.56 bits per heavy atom. The molecule has 1 amide bonds. The molecule has 0 aliphatic rings. The van der Waals surface area contributed by atoms with Gasteiger partial charge in [0.05, 0.1) is 6.20 Å². The molecule has 0 aliphatic heterocycles. The van der Waals surface area contributed by atoms with Crippen LogP contribution in [-0.4, -0.2) is 29.1 Å². The van der Waals surface area contributed by atoms with Crippen LogP contribution in [0.2, 0.25) is 0 Å². The Morgan fingerprint density at radius 3 is 2.94 bits per heavy atom. The van der Waals surface area contributed by atoms with Crippen molar-refractivity contribution in [2.24, 2.45) is 0 Å². The highest BCUT2D eigenvalue weighted by Crippen LogP contribution is 2.18. The zero-order valence-corrected chi connectivity index (χ0v) is 11.8. The summed E-state index contributed by atoms with van der Waals surface area (Å²) in [6, 6.07) is 0. The average molecular weight is 353 g/mol. The molecule has 7 heteroatoms. The van der Waals surface area contributed by atoms with E-state index in [1.807, 2.05) is 6.92 Å². The number of aromatic nitrogens is 2. The van der Waals surface area contributed by atoms with Crippen LogP contribution < -0.4 is 5.32 Å². The fraction of sp³-hybridized carbons (Fsp3) is 0.444. The van der Waals surface area contributed by atoms with Crippen molar-refractivity contribution < 1.29 is 9.53 Å². The molecule has 0 fully saturated rings. The van der Waals surface area contributed by atoms with Crippen molar-refractivity contribution in [3.05, 3.63) is 15.4 Å². The summed E-state index contributed by atoms with van der Waals surface area (Å²) in [4.78, 5) is 19.4. The number of rotatable bonds is 5. The molecule has 5 nitrogen and oxygen atoms in total. The molecule has 0 bridgehead atoms. The summed E-state index contributed by atoms with van der Waals surface area (Å²) in [5, 5.41) is 2.59. The lowest BCUT2D eigenvalue weighted by Gasteiger charge is -2.06. The highest BCUT2D eigenvalue weighted by Gasteiger charge is 2.08. The SMILES string of the molecule is CCCOCC(=O)Nc1ncc(Br)nc1Br. The summed E-state index contributed by atoms with van der Waals surface area (Å²) in [5.74, 6) is 0.138. The van der Waals surface area contributed by atoms with Crippen LogP contribution in [0, 0.1) is 0 Å². The fourth-order valence-electron chi connectivity index (χ4n) is 0.908. The van der Waals surface area contributed by atoms with Crippen LogP contribution in [0.5, 0.6) is 0 Å². The van der Waals surface area contributed by atoms with Crippen LogP contribution in [-0.2, 0) is 9.53 Å². The van der Waals surface area contributed by atoms with Crippen molar-refractivity contribution in [2.45, 2.75) is 13.3 Å². The zero-order chi connectivity index (χ0) is 12.0. The molecule has 0 saturated heterocycles. The molecule has 0 radical (unpaired) electrons. The van der Waals surface area contributed by atoms with Gasteiger partial charge in [-0.2, -0.15) is 0 Å². The van der Waals surface area contributed by atoms with Crippen molar-refractivity contribution in [3.63, 3.8) is 0 Å². The maximum Gasteiger partial charge on any atom is 0.251 e. The van der Waals surface area contributed by atoms with Crippen LogP contribution >= 0.6 is 31.9 Å². The van der Waals surface area contributed by atoms with Gasteiger partial charge in [0.15, 0.2) is 5.82 Å². The molecule has 1 heterocycles. The van der Waals surface area contributed by atoms with E-state index in [-0.39, 0.29) is 12.5 Å². The Bertz CT molecular complexity index is 374. The molecule has 1 N–H and O–H groups in total. The summed E-state index contributed by atoms with van der Waals surface area (Å²) in [5.41, 5.74) is 0. The van der Waals surface area contributed by atoms with Crippen LogP contribution in [0.1, 0.15) is 13.3 Å². The number of ether oxygens (including phenoxy) is 1. The lowest BCUT2D eigenvalue weighted by Crippen LogP contribution is -2.19. The highest BCUT2D eigenvalue weighted by atomic mass is 79.9. The highest BCUT2D eigenvalue weighted by molar-refractivity contribution is 9.11. The topological polar surface area (TPSA) is 64.1 Å². The summed E-state index contributed by atoms with van der Waals surface area (Å²) >= 11 is 6.37. The predicted octanol–water partition coefficient (Wildman–Crippen LogP) is 2.37. The number of anilines is 1. The third-order valence-corrected chi connectivity index (χ3v) is 2.47. The first-order valence-corrected chi connectivity index (χ1v) is 6.27. The second kappa shape index (κ2) is 6.93. The number of carbonyl (C=O) groups is 1. The van der Waals surface area contributed by atoms with Gasteiger partial charge in [-0.3, -0.25) is 4.79 Å². The van der Waals surface area contributed by atoms with E-state index in [2.05, 4.69) is 47.1 Å². The first-order chi connectivity index (χ1) is 7.63. The van der Waals surface area contributed by atoms with Gasteiger partial charge in [0.25, 0.3) is 5.91 Å². The molecule has 0 aromatic carbocycles. The van der Waals surface area contributed by atoms with Crippen molar-refractivity contribution in [1.29, 1.82) is 0 Å². The number of carbonyl (C=O) groups excluding carboxylic acids is 1. The van der Waals surface area contributed by atoms with E-state index in [1.165, 1.54) is 6.20 Å². The Balaban J connectivity index is 2.49. The molecule has 0 atom stereocenters. The van der Waals surface area contributed by atoms with Crippen molar-refractivity contribution in [3.8, 4) is 0 Å². The molecular weight excluding hydrogens is 342 g/mol. The van der Waals surface area contributed by atoms with E-state index >= 15 is 0 Å². The number of hydrogen-bond acceptors (Lipinski definition) is 4. The second-order valence-corrected chi connectivity index (χ2v) is 4.50. The third kappa shape index (κ3) is 4.54. The van der Waals surface area contributed by atoms with Crippen molar-refractivity contribution >= 4 is 43.6 Å². The molecule has 88 valence electrons. The number of hydrogen-bond donors (Lipinski definition) is 1. The molecule has 0 unspecified atom stereocenters. The van der Waals surface area contributed by atoms with Crippen LogP contribution in [0.15, 0.2) is 15.4 Å². The van der Waals surface area contributed by atoms with Gasteiger partial charge in [0, 0.05) is 6.61 Å². The first-order valence-electron chi connectivity index (χ1n) is 4.69. The first kappa shape index (κ1) is 13.5. The Hall–Kier alpha value is -0.530. The smallest absolute Gasteiger partial charge is 0.251 e. The van der Waals surface area contributed by atoms with Gasteiger partial charge < -0.3 is 10.1 Å². The molecule has 0 spiro atoms. The summed E-state index contributed by atoms with van der Waals surface area (Å²) < 4.78 is 6.17. The molecule has 16 heavy (non-hydrogen) atoms. The van der Waals surface area contributed by atoms with Crippen LogP contribution in [0.3, 0.4) is 0 Å². The lowest BCUT2D eigenvalue weighted by molar-refractivity contribution is -0.120. The van der Waals surface area contributed by atoms with E-state index < -0.39 is 0 Å². The molecule has 1 aromatic heterocycles. The van der Waals surface area contributed by atoms with Gasteiger partial charge in [0.1, 0.15) is 15.8 Å². The quantitative estimate of drug-likeness (QED) is 0.826. The van der Waals surface area contributed by atoms with Gasteiger partial charge in [0.2, 0.25) is 0 Å². The molecule has 0 aliphatic carbocycles. The predicted molar refractivity (Wildman–Crippen MR) is 67.2 cm³/mol. The molecule has 1 rings (SSSR count). The van der Waals surface area contributed by atoms with Crippen molar-refractivity contribution in [1.82, 2.24) is 9.97 Å². The van der Waals surface area contributed by atoms with Gasteiger partial charge in [-0.15, -0.1) is 0 Å². The van der Waals surface area contributed by atoms with Gasteiger partial charge in [-0.1, -0.05) is 6.92 Å². The monoisotopic (exact) mass is 351 g/mol. The number of amides is 1. The standard InChI is InChI=1S/C9H11Br2N3O2/c1-2-3-16-5-7(15)14-9-8(11)13-6(10)4-12-9/h4H,2-3,5H2,1H3,(H,12,14,15). The normalized spacial score (nSPS) is 10.2. The van der Waals surface area contributed by atoms with Gasteiger partial charge >= 0.3 is 0 Å². The zero-order valence-electron chi connectivity index (χ0n) is 8.67. The Morgan fingerprint density at radius 2 is 2.31 bits per heavy atom. The van der Waals surface area contributed by atoms with E-state index in [4.69, 9.17) is 4.74 Å². The Kier molecular flexibility index (Phi) is 5.86. The second-order valence-electron chi connectivity index (χ2n) is 2.93. The number of nitrogens with one attached hydrogen (secondary N) is 1. The minimum absolute atomic E-state index is 0.0258. The number of halogens is 2. The summed E-state index contributed by atoms with van der Waals surface area (Å²) in [6.07, 6.45) is 2.39. The fourth-order valence-corrected chi connectivity index (χ4v) is 1.82. The maximum atomic E-state index is 11.4. The summed E-state index contributed by atoms with van der Waals surface area (Å²) in [6.45, 7) is 2.58. The van der Waals surface area contributed by atoms with E-state index in [9.17, 15) is 4.79 Å². The maximum absolute atomic E-state index is 11.4. The van der Waals surface area contributed by atoms with Gasteiger partial charge in [-0.25, -0.2) is 9.97 Å². The molecule has 1 aromatic rings.